The number of esters is 2. The van der Waals surface area contributed by atoms with Gasteiger partial charge in [0, 0.05) is 23.8 Å². The van der Waals surface area contributed by atoms with Gasteiger partial charge in [-0.05, 0) is 38.5 Å². The Morgan fingerprint density at radius 3 is 1.74 bits per heavy atom. The van der Waals surface area contributed by atoms with E-state index in [1.54, 1.807) is 45.0 Å². The molecule has 0 heterocycles. The maximum absolute atomic E-state index is 11.9. The second-order valence-corrected chi connectivity index (χ2v) is 6.11. The number of ether oxygens (including phenoxy) is 3. The van der Waals surface area contributed by atoms with Crippen molar-refractivity contribution >= 4 is 18.0 Å². The van der Waals surface area contributed by atoms with E-state index in [1.807, 2.05) is 0 Å². The molecular weight excluding hydrogens is 450 g/mol. The first-order valence-electron chi connectivity index (χ1n) is 8.02. The number of carbonyl (C=O) groups is 3. The van der Waals surface area contributed by atoms with Crippen LogP contribution in [0, 0.1) is 20.0 Å². The minimum absolute atomic E-state index is 0. The summed E-state index contributed by atoms with van der Waals surface area (Å²) in [6, 6.07) is 5.64. The van der Waals surface area contributed by atoms with Crippen LogP contribution in [0.5, 0.6) is 0 Å². The first-order chi connectivity index (χ1) is 14.2. The van der Waals surface area contributed by atoms with Crippen LogP contribution in [0.25, 0.3) is 0 Å². The SMILES string of the molecule is COC(=O)c1ccc(C[C@H](NC(=O)OC(C)(C)C)C(=O)OC)cc1.[C-]#[O+].[C-]#[O+].[C-]#[O+].[Cr]. The maximum Gasteiger partial charge on any atom is 0 e. The fourth-order valence-electron chi connectivity index (χ4n) is 1.92. The van der Waals surface area contributed by atoms with E-state index in [1.165, 1.54) is 14.2 Å². The minimum atomic E-state index is -0.895. The van der Waals surface area contributed by atoms with E-state index < -0.39 is 29.7 Å². The molecule has 0 fully saturated rings. The topological polar surface area (TPSA) is 151 Å². The number of alkyl carbamates (subject to hydrolysis) is 1. The Kier molecular flexibility index (Phi) is 23.5. The summed E-state index contributed by atoms with van der Waals surface area (Å²) >= 11 is 0. The molecule has 0 spiro atoms. The molecule has 1 rings (SSSR count). The van der Waals surface area contributed by atoms with Gasteiger partial charge in [-0.3, -0.25) is 0 Å². The third-order valence-electron chi connectivity index (χ3n) is 2.99. The van der Waals surface area contributed by atoms with Crippen molar-refractivity contribution in [3.8, 4) is 0 Å². The average Bonchev–Trinajstić information content (AvgIpc) is 2.75. The molecule has 0 saturated heterocycles. The Balaban J connectivity index is -0.000000477. The van der Waals surface area contributed by atoms with Crippen LogP contribution in [0.15, 0.2) is 24.3 Å². The standard InChI is InChI=1S/C17H23NO6.3CO.Cr/c1-17(2,3)24-16(21)18-13(15(20)23-5)10-11-6-8-12(9-7-11)14(19)22-4;3*1-2;/h6-9,13H,10H2,1-5H3,(H,18,21);;;;/t13-;;;;/m0..../s1. The summed E-state index contributed by atoms with van der Waals surface area (Å²) in [6.45, 7) is 18.7. The summed E-state index contributed by atoms with van der Waals surface area (Å²) in [5, 5.41) is 2.49. The summed E-state index contributed by atoms with van der Waals surface area (Å²) in [7, 11) is 2.54. The van der Waals surface area contributed by atoms with Gasteiger partial charge >= 0.3 is 51.9 Å². The number of hydrogen-bond donors (Lipinski definition) is 1. The van der Waals surface area contributed by atoms with Crippen molar-refractivity contribution in [3.63, 3.8) is 0 Å². The smallest absolute Gasteiger partial charge is 0 e. The molecule has 0 saturated carbocycles. The Morgan fingerprint density at radius 2 is 1.39 bits per heavy atom. The first kappa shape index (κ1) is 35.6. The van der Waals surface area contributed by atoms with E-state index in [4.69, 9.17) is 23.4 Å². The van der Waals surface area contributed by atoms with Gasteiger partial charge in [-0.15, -0.1) is 0 Å². The Bertz CT molecular complexity index is 705. The number of hydrogen-bond acceptors (Lipinski definition) is 6. The van der Waals surface area contributed by atoms with E-state index in [0.717, 1.165) is 5.56 Å². The van der Waals surface area contributed by atoms with Crippen molar-refractivity contribution in [2.45, 2.75) is 38.8 Å². The summed E-state index contributed by atoms with van der Waals surface area (Å²) in [6.07, 6.45) is -0.503. The number of benzene rings is 1. The normalized spacial score (nSPS) is 9.52. The minimum Gasteiger partial charge on any atom is 0 e. The molecule has 1 aromatic rings. The molecule has 0 aliphatic carbocycles. The van der Waals surface area contributed by atoms with Gasteiger partial charge in [-0.2, -0.15) is 0 Å². The van der Waals surface area contributed by atoms with E-state index in [9.17, 15) is 14.4 Å². The molecule has 0 aliphatic heterocycles. The van der Waals surface area contributed by atoms with Gasteiger partial charge < -0.3 is 19.5 Å². The van der Waals surface area contributed by atoms with Gasteiger partial charge in [-0.25, -0.2) is 14.4 Å². The molecule has 0 aliphatic rings. The van der Waals surface area contributed by atoms with E-state index in [2.05, 4.69) is 30.0 Å². The van der Waals surface area contributed by atoms with Gasteiger partial charge in [0.1, 0.15) is 11.6 Å². The second kappa shape index (κ2) is 20.5. The van der Waals surface area contributed by atoms with Crippen molar-refractivity contribution in [1.29, 1.82) is 0 Å². The first-order valence-corrected chi connectivity index (χ1v) is 8.02. The zero-order valence-corrected chi connectivity index (χ0v) is 19.0. The number of rotatable bonds is 5. The summed E-state index contributed by atoms with van der Waals surface area (Å²) < 4.78 is 37.0. The molecule has 0 radical (unpaired) electrons. The molecule has 10 nitrogen and oxygen atoms in total. The summed E-state index contributed by atoms with van der Waals surface area (Å²) in [5.41, 5.74) is 0.470. The number of methoxy groups -OCH3 is 2. The van der Waals surface area contributed by atoms with Gasteiger partial charge in [0.2, 0.25) is 0 Å². The zero-order valence-electron chi connectivity index (χ0n) is 17.7. The molecule has 0 unspecified atom stereocenters. The fourth-order valence-corrected chi connectivity index (χ4v) is 1.92. The van der Waals surface area contributed by atoms with E-state index >= 15 is 0 Å². The van der Waals surface area contributed by atoms with Crippen LogP contribution in [-0.2, 0) is 56.7 Å². The third kappa shape index (κ3) is 16.6. The molecule has 1 atom stereocenters. The molecule has 1 N–H and O–H groups in total. The van der Waals surface area contributed by atoms with Crippen LogP contribution < -0.4 is 5.32 Å². The summed E-state index contributed by atoms with van der Waals surface area (Å²) in [5.74, 6) is -1.03. The van der Waals surface area contributed by atoms with E-state index in [-0.39, 0.29) is 23.8 Å². The second-order valence-electron chi connectivity index (χ2n) is 6.11. The molecule has 0 aromatic heterocycles. The fraction of sp³-hybridized carbons (Fsp3) is 0.400. The van der Waals surface area contributed by atoms with Gasteiger partial charge in [0.15, 0.2) is 0 Å². The maximum atomic E-state index is 11.9. The van der Waals surface area contributed by atoms with Crippen molar-refractivity contribution in [3.05, 3.63) is 55.3 Å². The van der Waals surface area contributed by atoms with Crippen molar-refractivity contribution in [2.75, 3.05) is 14.2 Å². The molecule has 0 bridgehead atoms. The van der Waals surface area contributed by atoms with E-state index in [0.29, 0.717) is 5.56 Å². The van der Waals surface area contributed by atoms with Crippen LogP contribution in [0.2, 0.25) is 0 Å². The Labute approximate surface area is 191 Å². The quantitative estimate of drug-likeness (QED) is 0.299. The number of amides is 1. The molecule has 1 amide bonds. The predicted octanol–water partition coefficient (Wildman–Crippen LogP) is 1.97. The number of carbonyl (C=O) groups excluding carboxylic acids is 3. The largest absolute Gasteiger partial charge is 0 e. The molecule has 168 valence electrons. The van der Waals surface area contributed by atoms with Crippen molar-refractivity contribution < 1.29 is 59.9 Å². The van der Waals surface area contributed by atoms with Crippen molar-refractivity contribution in [2.24, 2.45) is 0 Å². The van der Waals surface area contributed by atoms with Crippen LogP contribution in [-0.4, -0.2) is 43.9 Å². The van der Waals surface area contributed by atoms with Gasteiger partial charge in [0.05, 0.1) is 19.8 Å². The van der Waals surface area contributed by atoms with Gasteiger partial charge in [0.25, 0.3) is 0 Å². The average molecular weight is 473 g/mol. The number of nitrogens with one attached hydrogen (secondary N) is 1. The zero-order chi connectivity index (χ0) is 24.3. The Morgan fingerprint density at radius 1 is 0.935 bits per heavy atom. The van der Waals surface area contributed by atoms with Crippen LogP contribution in [0.1, 0.15) is 36.7 Å². The third-order valence-corrected chi connectivity index (χ3v) is 2.99. The molecule has 11 heteroatoms. The molecular formula is C20H23CrNO9. The van der Waals surface area contributed by atoms with Gasteiger partial charge in [-0.1, -0.05) is 12.1 Å². The molecule has 31 heavy (non-hydrogen) atoms. The predicted molar refractivity (Wildman–Crippen MR) is 98.4 cm³/mol. The van der Waals surface area contributed by atoms with Crippen LogP contribution >= 0.6 is 0 Å². The van der Waals surface area contributed by atoms with Crippen LogP contribution in [0.3, 0.4) is 0 Å². The molecule has 1 aromatic carbocycles. The Hall–Kier alpha value is -2.82. The van der Waals surface area contributed by atoms with Crippen LogP contribution in [0.4, 0.5) is 4.79 Å². The summed E-state index contributed by atoms with van der Waals surface area (Å²) in [4.78, 5) is 35.1. The monoisotopic (exact) mass is 473 g/mol. The van der Waals surface area contributed by atoms with Crippen molar-refractivity contribution in [1.82, 2.24) is 5.32 Å².